The molecule has 0 radical (unpaired) electrons. The summed E-state index contributed by atoms with van der Waals surface area (Å²) in [5, 5.41) is 3.00. The van der Waals surface area contributed by atoms with Crippen LogP contribution in [0.5, 0.6) is 0 Å². The molecule has 1 atom stereocenters. The van der Waals surface area contributed by atoms with Crippen LogP contribution in [0.1, 0.15) is 61.5 Å². The van der Waals surface area contributed by atoms with Gasteiger partial charge in [0.05, 0.1) is 19.3 Å². The van der Waals surface area contributed by atoms with Gasteiger partial charge in [-0.1, -0.05) is 31.2 Å². The molecule has 1 amide bonds. The van der Waals surface area contributed by atoms with Crippen molar-refractivity contribution in [1.29, 1.82) is 0 Å². The number of carbonyl (C=O) groups excluding carboxylic acids is 1. The van der Waals surface area contributed by atoms with Gasteiger partial charge in [0, 0.05) is 30.4 Å². The molecule has 168 valence electrons. The molecule has 0 aliphatic carbocycles. The third-order valence-electron chi connectivity index (χ3n) is 5.77. The number of ether oxygens (including phenoxy) is 2. The molecule has 5 nitrogen and oxygen atoms in total. The van der Waals surface area contributed by atoms with E-state index in [-0.39, 0.29) is 12.0 Å². The van der Waals surface area contributed by atoms with E-state index in [1.807, 2.05) is 48.5 Å². The SMILES string of the molecule is CCN(Cc1ccc(C(=O)Nc2cccc(COCC3CCCCO3)c2)cc1)C(C)C. The Hall–Kier alpha value is -2.21. The minimum absolute atomic E-state index is 0.101. The molecule has 0 aromatic heterocycles. The van der Waals surface area contributed by atoms with Crippen molar-refractivity contribution in [3.8, 4) is 0 Å². The Labute approximate surface area is 186 Å². The number of amides is 1. The summed E-state index contributed by atoms with van der Waals surface area (Å²) in [5.74, 6) is -0.101. The van der Waals surface area contributed by atoms with Crippen molar-refractivity contribution in [2.45, 2.75) is 65.3 Å². The molecule has 2 aromatic rings. The predicted octanol–water partition coefficient (Wildman–Crippen LogP) is 5.25. The molecule has 31 heavy (non-hydrogen) atoms. The van der Waals surface area contributed by atoms with Crippen molar-refractivity contribution in [1.82, 2.24) is 4.90 Å². The molecule has 0 bridgehead atoms. The van der Waals surface area contributed by atoms with Crippen LogP contribution in [0.25, 0.3) is 0 Å². The number of nitrogens with zero attached hydrogens (tertiary/aromatic N) is 1. The number of hydrogen-bond donors (Lipinski definition) is 1. The topological polar surface area (TPSA) is 50.8 Å². The lowest BCUT2D eigenvalue weighted by Crippen LogP contribution is -2.29. The van der Waals surface area contributed by atoms with E-state index in [4.69, 9.17) is 9.47 Å². The highest BCUT2D eigenvalue weighted by Gasteiger charge is 2.14. The summed E-state index contributed by atoms with van der Waals surface area (Å²) in [6.45, 7) is 10.5. The van der Waals surface area contributed by atoms with Crippen molar-refractivity contribution in [2.75, 3.05) is 25.1 Å². The molecule has 1 heterocycles. The van der Waals surface area contributed by atoms with Crippen LogP contribution < -0.4 is 5.32 Å². The lowest BCUT2D eigenvalue weighted by molar-refractivity contribution is -0.0447. The minimum atomic E-state index is -0.101. The van der Waals surface area contributed by atoms with Crippen molar-refractivity contribution in [2.24, 2.45) is 0 Å². The van der Waals surface area contributed by atoms with E-state index >= 15 is 0 Å². The summed E-state index contributed by atoms with van der Waals surface area (Å²) in [5.41, 5.74) is 3.69. The third-order valence-corrected chi connectivity index (χ3v) is 5.77. The fraction of sp³-hybridized carbons (Fsp3) is 0.500. The quantitative estimate of drug-likeness (QED) is 0.566. The van der Waals surface area contributed by atoms with Gasteiger partial charge < -0.3 is 14.8 Å². The van der Waals surface area contributed by atoms with Gasteiger partial charge in [0.2, 0.25) is 0 Å². The normalized spacial score (nSPS) is 16.6. The Morgan fingerprint density at radius 2 is 1.97 bits per heavy atom. The summed E-state index contributed by atoms with van der Waals surface area (Å²) < 4.78 is 11.5. The minimum Gasteiger partial charge on any atom is -0.376 e. The highest BCUT2D eigenvalue weighted by Crippen LogP contribution is 2.17. The first-order valence-electron chi connectivity index (χ1n) is 11.5. The molecule has 1 saturated heterocycles. The second kappa shape index (κ2) is 12.0. The van der Waals surface area contributed by atoms with Crippen LogP contribution in [0.4, 0.5) is 5.69 Å². The van der Waals surface area contributed by atoms with Crippen LogP contribution >= 0.6 is 0 Å². The van der Waals surface area contributed by atoms with Crippen LogP contribution in [0.2, 0.25) is 0 Å². The number of hydrogen-bond acceptors (Lipinski definition) is 4. The largest absolute Gasteiger partial charge is 0.376 e. The Kier molecular flexibility index (Phi) is 9.07. The van der Waals surface area contributed by atoms with Gasteiger partial charge in [-0.25, -0.2) is 0 Å². The summed E-state index contributed by atoms with van der Waals surface area (Å²) in [4.78, 5) is 15.1. The standard InChI is InChI=1S/C26H36N2O3/c1-4-28(20(2)3)17-21-11-13-23(14-12-21)26(29)27-24-9-7-8-22(16-24)18-30-19-25-10-5-6-15-31-25/h7-9,11-14,16,20,25H,4-6,10,15,17-19H2,1-3H3,(H,27,29). The van der Waals surface area contributed by atoms with Gasteiger partial charge in [-0.3, -0.25) is 9.69 Å². The van der Waals surface area contributed by atoms with Crippen molar-refractivity contribution in [3.05, 3.63) is 65.2 Å². The van der Waals surface area contributed by atoms with E-state index in [1.54, 1.807) is 0 Å². The van der Waals surface area contributed by atoms with E-state index < -0.39 is 0 Å². The fourth-order valence-corrected chi connectivity index (χ4v) is 3.84. The van der Waals surface area contributed by atoms with Gasteiger partial charge in [-0.05, 0) is 75.0 Å². The van der Waals surface area contributed by atoms with Gasteiger partial charge in [-0.15, -0.1) is 0 Å². The molecule has 1 N–H and O–H groups in total. The first kappa shape index (κ1) is 23.5. The van der Waals surface area contributed by atoms with E-state index in [0.717, 1.165) is 43.8 Å². The zero-order valence-corrected chi connectivity index (χ0v) is 19.1. The van der Waals surface area contributed by atoms with Gasteiger partial charge in [0.1, 0.15) is 0 Å². The summed E-state index contributed by atoms with van der Waals surface area (Å²) >= 11 is 0. The fourth-order valence-electron chi connectivity index (χ4n) is 3.84. The maximum atomic E-state index is 12.7. The van der Waals surface area contributed by atoms with Crippen LogP contribution in [-0.2, 0) is 22.6 Å². The molecule has 0 spiro atoms. The van der Waals surface area contributed by atoms with E-state index in [2.05, 4.69) is 31.0 Å². The summed E-state index contributed by atoms with van der Waals surface area (Å²) in [6, 6.07) is 16.2. The number of rotatable bonds is 10. The van der Waals surface area contributed by atoms with E-state index in [0.29, 0.717) is 24.8 Å². The van der Waals surface area contributed by atoms with Crippen LogP contribution in [-0.4, -0.2) is 42.7 Å². The second-order valence-electron chi connectivity index (χ2n) is 8.51. The van der Waals surface area contributed by atoms with Crippen LogP contribution in [0.15, 0.2) is 48.5 Å². The molecular formula is C26H36N2O3. The van der Waals surface area contributed by atoms with Gasteiger partial charge in [0.25, 0.3) is 5.91 Å². The molecule has 1 unspecified atom stereocenters. The molecular weight excluding hydrogens is 388 g/mol. The number of nitrogens with one attached hydrogen (secondary N) is 1. The predicted molar refractivity (Wildman–Crippen MR) is 125 cm³/mol. The zero-order chi connectivity index (χ0) is 22.1. The second-order valence-corrected chi connectivity index (χ2v) is 8.51. The average Bonchev–Trinajstić information content (AvgIpc) is 2.78. The average molecular weight is 425 g/mol. The lowest BCUT2D eigenvalue weighted by atomic mass is 10.1. The van der Waals surface area contributed by atoms with Crippen molar-refractivity contribution < 1.29 is 14.3 Å². The monoisotopic (exact) mass is 424 g/mol. The maximum absolute atomic E-state index is 12.7. The molecule has 2 aromatic carbocycles. The van der Waals surface area contributed by atoms with Gasteiger partial charge in [0.15, 0.2) is 0 Å². The smallest absolute Gasteiger partial charge is 0.255 e. The van der Waals surface area contributed by atoms with E-state index in [1.165, 1.54) is 12.0 Å². The Balaban J connectivity index is 1.51. The Morgan fingerprint density at radius 3 is 2.65 bits per heavy atom. The number of anilines is 1. The summed E-state index contributed by atoms with van der Waals surface area (Å²) in [7, 11) is 0. The highest BCUT2D eigenvalue weighted by atomic mass is 16.5. The first-order chi connectivity index (χ1) is 15.0. The van der Waals surface area contributed by atoms with Crippen molar-refractivity contribution >= 4 is 11.6 Å². The third kappa shape index (κ3) is 7.46. The maximum Gasteiger partial charge on any atom is 0.255 e. The highest BCUT2D eigenvalue weighted by molar-refractivity contribution is 6.04. The zero-order valence-electron chi connectivity index (χ0n) is 19.1. The molecule has 0 saturated carbocycles. The number of benzene rings is 2. The molecule has 3 rings (SSSR count). The molecule has 1 aliphatic rings. The summed E-state index contributed by atoms with van der Waals surface area (Å²) in [6.07, 6.45) is 3.65. The Morgan fingerprint density at radius 1 is 1.16 bits per heavy atom. The van der Waals surface area contributed by atoms with Gasteiger partial charge in [-0.2, -0.15) is 0 Å². The Bertz CT molecular complexity index is 814. The molecule has 1 fully saturated rings. The first-order valence-corrected chi connectivity index (χ1v) is 11.5. The van der Waals surface area contributed by atoms with Crippen LogP contribution in [0, 0.1) is 0 Å². The van der Waals surface area contributed by atoms with E-state index in [9.17, 15) is 4.79 Å². The molecule has 1 aliphatic heterocycles. The van der Waals surface area contributed by atoms with Gasteiger partial charge >= 0.3 is 0 Å². The lowest BCUT2D eigenvalue weighted by Gasteiger charge is -2.24. The molecule has 5 heteroatoms. The van der Waals surface area contributed by atoms with Crippen LogP contribution in [0.3, 0.4) is 0 Å². The number of carbonyl (C=O) groups is 1. The van der Waals surface area contributed by atoms with Crippen molar-refractivity contribution in [3.63, 3.8) is 0 Å².